The van der Waals surface area contributed by atoms with Gasteiger partial charge in [-0.2, -0.15) is 5.10 Å². The molecule has 0 bridgehead atoms. The summed E-state index contributed by atoms with van der Waals surface area (Å²) in [5.41, 5.74) is 3.85. The third-order valence-corrected chi connectivity index (χ3v) is 4.98. The molecule has 0 atom stereocenters. The van der Waals surface area contributed by atoms with Crippen molar-refractivity contribution in [3.8, 4) is 0 Å². The van der Waals surface area contributed by atoms with E-state index in [1.807, 2.05) is 30.2 Å². The van der Waals surface area contributed by atoms with Gasteiger partial charge in [-0.05, 0) is 42.8 Å². The third kappa shape index (κ3) is 8.70. The molecule has 0 aliphatic rings. The van der Waals surface area contributed by atoms with Crippen molar-refractivity contribution in [2.45, 2.75) is 26.1 Å². The van der Waals surface area contributed by atoms with E-state index in [1.165, 1.54) is 16.7 Å². The van der Waals surface area contributed by atoms with Crippen LogP contribution >= 0.6 is 24.0 Å². The molecule has 0 aliphatic carbocycles. The Morgan fingerprint density at radius 1 is 1.00 bits per heavy atom. The number of aliphatic imine (C=N–C) groups is 1. The highest BCUT2D eigenvalue weighted by Gasteiger charge is 2.05. The van der Waals surface area contributed by atoms with E-state index in [0.29, 0.717) is 0 Å². The predicted octanol–water partition coefficient (Wildman–Crippen LogP) is 3.74. The minimum absolute atomic E-state index is 0. The number of hydrogen-bond donors (Lipinski definition) is 2. The number of hydrogen-bond acceptors (Lipinski definition) is 3. The molecule has 0 spiro atoms. The van der Waals surface area contributed by atoms with Gasteiger partial charge in [0.2, 0.25) is 0 Å². The second-order valence-corrected chi connectivity index (χ2v) is 7.40. The number of halogens is 1. The largest absolute Gasteiger partial charge is 0.356 e. The highest BCUT2D eigenvalue weighted by Crippen LogP contribution is 2.10. The van der Waals surface area contributed by atoms with Crippen molar-refractivity contribution in [3.63, 3.8) is 0 Å². The summed E-state index contributed by atoms with van der Waals surface area (Å²) < 4.78 is 1.94. The third-order valence-electron chi connectivity index (χ3n) is 4.98. The normalized spacial score (nSPS) is 11.3. The van der Waals surface area contributed by atoms with Gasteiger partial charge in [0.1, 0.15) is 0 Å². The maximum atomic E-state index is 4.36. The Hall–Kier alpha value is -2.39. The van der Waals surface area contributed by atoms with Crippen molar-refractivity contribution in [1.82, 2.24) is 25.3 Å². The van der Waals surface area contributed by atoms with E-state index in [-0.39, 0.29) is 24.0 Å². The van der Waals surface area contributed by atoms with Crippen LogP contribution in [-0.4, -0.2) is 47.8 Å². The van der Waals surface area contributed by atoms with E-state index in [9.17, 15) is 0 Å². The fourth-order valence-electron chi connectivity index (χ4n) is 3.38. The van der Waals surface area contributed by atoms with Crippen LogP contribution in [0.5, 0.6) is 0 Å². The standard InChI is InChI=1S/C24H32N6.HI/c1-25-24(26-14-8-16-29(2)19-21-10-4-3-5-11-21)27-18-22-12-6-7-13-23(22)20-30-17-9-15-28-30;/h3-7,9-13,15,17H,8,14,16,18-20H2,1-2H3,(H2,25,26,27);1H. The van der Waals surface area contributed by atoms with Crippen LogP contribution in [0.25, 0.3) is 0 Å². The summed E-state index contributed by atoms with van der Waals surface area (Å²) in [7, 11) is 3.98. The molecule has 7 heteroatoms. The predicted molar refractivity (Wildman–Crippen MR) is 139 cm³/mol. The molecule has 3 aromatic rings. The first kappa shape index (κ1) is 24.9. The first-order valence-corrected chi connectivity index (χ1v) is 10.5. The van der Waals surface area contributed by atoms with Gasteiger partial charge >= 0.3 is 0 Å². The number of aromatic nitrogens is 2. The smallest absolute Gasteiger partial charge is 0.191 e. The molecule has 166 valence electrons. The molecule has 0 unspecified atom stereocenters. The lowest BCUT2D eigenvalue weighted by Gasteiger charge is -2.18. The lowest BCUT2D eigenvalue weighted by Crippen LogP contribution is -2.38. The SMILES string of the molecule is CN=C(NCCCN(C)Cc1ccccc1)NCc1ccccc1Cn1cccn1.I. The number of rotatable bonds is 10. The van der Waals surface area contributed by atoms with Crippen molar-refractivity contribution in [2.24, 2.45) is 4.99 Å². The van der Waals surface area contributed by atoms with Gasteiger partial charge in [-0.3, -0.25) is 9.67 Å². The Balaban J connectivity index is 0.00000341. The molecule has 0 fully saturated rings. The summed E-state index contributed by atoms with van der Waals surface area (Å²) in [4.78, 5) is 6.70. The fraction of sp³-hybridized carbons (Fsp3) is 0.333. The Morgan fingerprint density at radius 3 is 2.45 bits per heavy atom. The molecule has 0 saturated carbocycles. The quantitative estimate of drug-likeness (QED) is 0.181. The Morgan fingerprint density at radius 2 is 1.74 bits per heavy atom. The zero-order chi connectivity index (χ0) is 21.0. The molecule has 0 radical (unpaired) electrons. The van der Waals surface area contributed by atoms with Gasteiger partial charge in [0, 0.05) is 39.1 Å². The summed E-state index contributed by atoms with van der Waals surface area (Å²) in [5.74, 6) is 0.828. The second-order valence-electron chi connectivity index (χ2n) is 7.40. The van der Waals surface area contributed by atoms with Crippen molar-refractivity contribution in [2.75, 3.05) is 27.2 Å². The number of nitrogens with zero attached hydrogens (tertiary/aromatic N) is 4. The van der Waals surface area contributed by atoms with Crippen LogP contribution in [-0.2, 0) is 19.6 Å². The molecular weight excluding hydrogens is 499 g/mol. The minimum Gasteiger partial charge on any atom is -0.356 e. The second kappa shape index (κ2) is 13.8. The zero-order valence-electron chi connectivity index (χ0n) is 18.4. The van der Waals surface area contributed by atoms with Gasteiger partial charge in [0.15, 0.2) is 5.96 Å². The Kier molecular flexibility index (Phi) is 11.1. The zero-order valence-corrected chi connectivity index (χ0v) is 20.7. The molecule has 3 rings (SSSR count). The monoisotopic (exact) mass is 532 g/mol. The van der Waals surface area contributed by atoms with Gasteiger partial charge in [-0.15, -0.1) is 24.0 Å². The van der Waals surface area contributed by atoms with Crippen LogP contribution in [0.3, 0.4) is 0 Å². The summed E-state index contributed by atoms with van der Waals surface area (Å²) in [6, 6.07) is 21.0. The van der Waals surface area contributed by atoms with Gasteiger partial charge in [-0.25, -0.2) is 0 Å². The lowest BCUT2D eigenvalue weighted by atomic mass is 10.1. The molecule has 6 nitrogen and oxygen atoms in total. The van der Waals surface area contributed by atoms with Crippen LogP contribution in [0.2, 0.25) is 0 Å². The lowest BCUT2D eigenvalue weighted by molar-refractivity contribution is 0.322. The molecular formula is C24H33IN6. The van der Waals surface area contributed by atoms with E-state index >= 15 is 0 Å². The summed E-state index contributed by atoms with van der Waals surface area (Å²) in [6.07, 6.45) is 4.85. The fourth-order valence-corrected chi connectivity index (χ4v) is 3.38. The number of benzene rings is 2. The van der Waals surface area contributed by atoms with E-state index in [4.69, 9.17) is 0 Å². The van der Waals surface area contributed by atoms with E-state index in [0.717, 1.165) is 45.1 Å². The summed E-state index contributed by atoms with van der Waals surface area (Å²) in [6.45, 7) is 4.38. The highest BCUT2D eigenvalue weighted by molar-refractivity contribution is 14.0. The molecule has 1 aromatic heterocycles. The van der Waals surface area contributed by atoms with Crippen LogP contribution < -0.4 is 10.6 Å². The minimum atomic E-state index is 0. The van der Waals surface area contributed by atoms with Crippen molar-refractivity contribution >= 4 is 29.9 Å². The molecule has 31 heavy (non-hydrogen) atoms. The molecule has 1 heterocycles. The molecule has 0 aliphatic heterocycles. The van der Waals surface area contributed by atoms with Crippen molar-refractivity contribution in [3.05, 3.63) is 89.7 Å². The van der Waals surface area contributed by atoms with Crippen molar-refractivity contribution < 1.29 is 0 Å². The topological polar surface area (TPSA) is 57.5 Å². The number of nitrogens with one attached hydrogen (secondary N) is 2. The average molecular weight is 532 g/mol. The number of guanidine groups is 1. The van der Waals surface area contributed by atoms with E-state index in [2.05, 4.69) is 87.3 Å². The first-order valence-electron chi connectivity index (χ1n) is 10.5. The molecule has 0 amide bonds. The molecule has 2 N–H and O–H groups in total. The van der Waals surface area contributed by atoms with Gasteiger partial charge < -0.3 is 15.5 Å². The van der Waals surface area contributed by atoms with Gasteiger partial charge in [-0.1, -0.05) is 54.6 Å². The highest BCUT2D eigenvalue weighted by atomic mass is 127. The first-order chi connectivity index (χ1) is 14.7. The maximum Gasteiger partial charge on any atom is 0.191 e. The van der Waals surface area contributed by atoms with Crippen LogP contribution in [0.1, 0.15) is 23.1 Å². The average Bonchev–Trinajstić information content (AvgIpc) is 3.28. The Labute approximate surface area is 202 Å². The van der Waals surface area contributed by atoms with Crippen LogP contribution in [0, 0.1) is 0 Å². The van der Waals surface area contributed by atoms with Gasteiger partial charge in [0.25, 0.3) is 0 Å². The van der Waals surface area contributed by atoms with Gasteiger partial charge in [0.05, 0.1) is 6.54 Å². The molecule has 2 aromatic carbocycles. The Bertz CT molecular complexity index is 895. The van der Waals surface area contributed by atoms with E-state index in [1.54, 1.807) is 0 Å². The van der Waals surface area contributed by atoms with Crippen molar-refractivity contribution in [1.29, 1.82) is 0 Å². The van der Waals surface area contributed by atoms with Crippen LogP contribution in [0.15, 0.2) is 78.0 Å². The van der Waals surface area contributed by atoms with E-state index < -0.39 is 0 Å². The molecule has 0 saturated heterocycles. The summed E-state index contributed by atoms with van der Waals surface area (Å²) in [5, 5.41) is 11.2. The maximum absolute atomic E-state index is 4.36. The summed E-state index contributed by atoms with van der Waals surface area (Å²) >= 11 is 0. The van der Waals surface area contributed by atoms with Crippen LogP contribution in [0.4, 0.5) is 0 Å².